The molecule has 0 spiro atoms. The van der Waals surface area contributed by atoms with Gasteiger partial charge < -0.3 is 10.2 Å². The molecule has 0 heterocycles. The highest BCUT2D eigenvalue weighted by Crippen LogP contribution is 2.12. The third-order valence-corrected chi connectivity index (χ3v) is 5.69. The Kier molecular flexibility index (Phi) is 26.4. The van der Waals surface area contributed by atoms with Gasteiger partial charge in [0.15, 0.2) is 0 Å². The zero-order valence-corrected chi connectivity index (χ0v) is 22.3. The van der Waals surface area contributed by atoms with Gasteiger partial charge in [0.05, 0.1) is 6.10 Å². The first kappa shape index (κ1) is 32.9. The lowest BCUT2D eigenvalue weighted by atomic mass is 10.1. The zero-order chi connectivity index (χ0) is 25.7. The van der Waals surface area contributed by atoms with Crippen molar-refractivity contribution in [3.63, 3.8) is 0 Å². The molecule has 198 valence electrons. The van der Waals surface area contributed by atoms with E-state index < -0.39 is 12.1 Å². The van der Waals surface area contributed by atoms with E-state index in [4.69, 9.17) is 5.11 Å². The minimum absolute atomic E-state index is 0.324. The quantitative estimate of drug-likeness (QED) is 0.0814. The van der Waals surface area contributed by atoms with Crippen molar-refractivity contribution in [1.29, 1.82) is 0 Å². The summed E-state index contributed by atoms with van der Waals surface area (Å²) in [6.07, 6.45) is 43.3. The summed E-state index contributed by atoms with van der Waals surface area (Å²) in [5.74, 6) is -0.668. The summed E-state index contributed by atoms with van der Waals surface area (Å²) in [6, 6.07) is 0. The van der Waals surface area contributed by atoms with Crippen molar-refractivity contribution in [3.05, 3.63) is 72.9 Å². The molecule has 0 aromatic carbocycles. The molecule has 0 saturated carbocycles. The molecule has 0 saturated heterocycles. The molecule has 3 heteroatoms. The molecule has 3 nitrogen and oxygen atoms in total. The number of carboxylic acid groups (broad SMARTS) is 1. The smallest absolute Gasteiger partial charge is 0.303 e. The molecule has 0 aromatic heterocycles. The van der Waals surface area contributed by atoms with Crippen molar-refractivity contribution in [1.82, 2.24) is 0 Å². The molecule has 0 aliphatic heterocycles. The standard InChI is InChI=1S/C32H52O3/c1-2-3-25-28-31(33)29-26-23-21-19-17-15-13-11-9-7-5-4-6-8-10-12-14-16-18-20-22-24-27-30-32(34)35/h3-5,9,11,15,17,21,23,25-26,29,31,33H,2,6-8,10,12-14,16,18-20,22,24,27-28,30H2,1H3,(H,34,35)/b5-4+,11-9+,17-15+,23-21+,25-3+,29-26+. The van der Waals surface area contributed by atoms with Gasteiger partial charge in [-0.1, -0.05) is 131 Å². The third kappa shape index (κ3) is 29.8. The van der Waals surface area contributed by atoms with Crippen LogP contribution in [0.4, 0.5) is 0 Å². The summed E-state index contributed by atoms with van der Waals surface area (Å²) in [4.78, 5) is 10.4. The van der Waals surface area contributed by atoms with Gasteiger partial charge in [-0.2, -0.15) is 0 Å². The Balaban J connectivity index is 3.44. The second-order valence-electron chi connectivity index (χ2n) is 9.09. The number of hydrogen-bond acceptors (Lipinski definition) is 2. The number of unbranched alkanes of at least 4 members (excludes halogenated alkanes) is 10. The van der Waals surface area contributed by atoms with Gasteiger partial charge in [-0.15, -0.1) is 0 Å². The van der Waals surface area contributed by atoms with Crippen molar-refractivity contribution >= 4 is 5.97 Å². The molecule has 0 bridgehead atoms. The molecule has 0 aliphatic carbocycles. The highest BCUT2D eigenvalue weighted by Gasteiger charge is 1.97. The van der Waals surface area contributed by atoms with Gasteiger partial charge in [-0.25, -0.2) is 0 Å². The van der Waals surface area contributed by atoms with Gasteiger partial charge in [0.1, 0.15) is 0 Å². The van der Waals surface area contributed by atoms with Gasteiger partial charge >= 0.3 is 5.97 Å². The van der Waals surface area contributed by atoms with Crippen LogP contribution in [0.3, 0.4) is 0 Å². The fourth-order valence-electron chi connectivity index (χ4n) is 3.62. The largest absolute Gasteiger partial charge is 0.481 e. The van der Waals surface area contributed by atoms with Crippen LogP contribution in [-0.4, -0.2) is 22.3 Å². The first-order valence-corrected chi connectivity index (χ1v) is 14.0. The molecule has 0 aromatic rings. The van der Waals surface area contributed by atoms with Crippen LogP contribution in [0.1, 0.15) is 116 Å². The van der Waals surface area contributed by atoms with E-state index >= 15 is 0 Å². The van der Waals surface area contributed by atoms with Gasteiger partial charge in [-0.3, -0.25) is 4.79 Å². The predicted molar refractivity (Wildman–Crippen MR) is 153 cm³/mol. The molecule has 0 amide bonds. The number of allylic oxidation sites excluding steroid dienone is 10. The summed E-state index contributed by atoms with van der Waals surface area (Å²) in [5.41, 5.74) is 0. The van der Waals surface area contributed by atoms with Gasteiger partial charge in [-0.05, 0) is 51.4 Å². The topological polar surface area (TPSA) is 57.5 Å². The van der Waals surface area contributed by atoms with E-state index in [1.165, 1.54) is 57.8 Å². The summed E-state index contributed by atoms with van der Waals surface area (Å²) >= 11 is 0. The third-order valence-electron chi connectivity index (χ3n) is 5.69. The van der Waals surface area contributed by atoms with E-state index in [0.717, 1.165) is 38.5 Å². The maximum absolute atomic E-state index is 10.4. The van der Waals surface area contributed by atoms with Crippen LogP contribution >= 0.6 is 0 Å². The van der Waals surface area contributed by atoms with Crippen LogP contribution < -0.4 is 0 Å². The van der Waals surface area contributed by atoms with E-state index in [9.17, 15) is 9.90 Å². The molecule has 1 atom stereocenters. The van der Waals surface area contributed by atoms with Crippen LogP contribution in [0.2, 0.25) is 0 Å². The second-order valence-corrected chi connectivity index (χ2v) is 9.09. The highest BCUT2D eigenvalue weighted by atomic mass is 16.4. The average Bonchev–Trinajstić information content (AvgIpc) is 2.84. The number of carboxylic acids is 1. The SMILES string of the molecule is CC/C=C/CC(O)/C=C/C=C/C/C=C/C/C=C/C/C=C/CCCCCCCCCCCCC(=O)O. The molecule has 2 N–H and O–H groups in total. The van der Waals surface area contributed by atoms with Gasteiger partial charge in [0.2, 0.25) is 0 Å². The first-order valence-electron chi connectivity index (χ1n) is 14.0. The normalized spacial score (nSPS) is 13.7. The van der Waals surface area contributed by atoms with E-state index in [1.54, 1.807) is 0 Å². The van der Waals surface area contributed by atoms with Crippen molar-refractivity contribution in [2.24, 2.45) is 0 Å². The molecule has 0 rings (SSSR count). The molecule has 35 heavy (non-hydrogen) atoms. The average molecular weight is 485 g/mol. The summed E-state index contributed by atoms with van der Waals surface area (Å²) in [7, 11) is 0. The Hall–Kier alpha value is -2.13. The zero-order valence-electron chi connectivity index (χ0n) is 22.3. The molecule has 1 unspecified atom stereocenters. The second kappa shape index (κ2) is 28.1. The molecule has 0 radical (unpaired) electrons. The number of aliphatic hydroxyl groups is 1. The lowest BCUT2D eigenvalue weighted by Crippen LogP contribution is -1.98. The van der Waals surface area contributed by atoms with Crippen LogP contribution in [0.25, 0.3) is 0 Å². The maximum atomic E-state index is 10.4. The monoisotopic (exact) mass is 484 g/mol. The summed E-state index contributed by atoms with van der Waals surface area (Å²) in [5, 5.41) is 18.4. The Morgan fingerprint density at radius 3 is 1.71 bits per heavy atom. The molecular weight excluding hydrogens is 432 g/mol. The first-order chi connectivity index (χ1) is 17.2. The minimum Gasteiger partial charge on any atom is -0.481 e. The Morgan fingerprint density at radius 1 is 0.629 bits per heavy atom. The Bertz CT molecular complexity index is 637. The highest BCUT2D eigenvalue weighted by molar-refractivity contribution is 5.66. The van der Waals surface area contributed by atoms with E-state index in [2.05, 4.69) is 55.5 Å². The van der Waals surface area contributed by atoms with Crippen LogP contribution in [0, 0.1) is 0 Å². The number of hydrogen-bond donors (Lipinski definition) is 2. The van der Waals surface area contributed by atoms with Crippen molar-refractivity contribution in [2.75, 3.05) is 0 Å². The van der Waals surface area contributed by atoms with E-state index in [1.807, 2.05) is 24.3 Å². The van der Waals surface area contributed by atoms with Crippen LogP contribution in [0.15, 0.2) is 72.9 Å². The van der Waals surface area contributed by atoms with Crippen LogP contribution in [-0.2, 0) is 4.79 Å². The fraction of sp³-hybridized carbons (Fsp3) is 0.594. The van der Waals surface area contributed by atoms with E-state index in [-0.39, 0.29) is 0 Å². The summed E-state index contributed by atoms with van der Waals surface area (Å²) < 4.78 is 0. The molecule has 0 aliphatic rings. The van der Waals surface area contributed by atoms with Crippen molar-refractivity contribution in [2.45, 2.75) is 122 Å². The van der Waals surface area contributed by atoms with Crippen molar-refractivity contribution in [3.8, 4) is 0 Å². The molecular formula is C32H52O3. The Morgan fingerprint density at radius 2 is 1.14 bits per heavy atom. The van der Waals surface area contributed by atoms with Crippen LogP contribution in [0.5, 0.6) is 0 Å². The lowest BCUT2D eigenvalue weighted by molar-refractivity contribution is -0.137. The van der Waals surface area contributed by atoms with E-state index in [0.29, 0.717) is 12.8 Å². The minimum atomic E-state index is -0.668. The molecule has 0 fully saturated rings. The summed E-state index contributed by atoms with van der Waals surface area (Å²) in [6.45, 7) is 2.09. The number of aliphatic hydroxyl groups excluding tert-OH is 1. The lowest BCUT2D eigenvalue weighted by Gasteiger charge is -2.01. The maximum Gasteiger partial charge on any atom is 0.303 e. The Labute approximate surface area is 216 Å². The number of rotatable bonds is 24. The fourth-order valence-corrected chi connectivity index (χ4v) is 3.62. The van der Waals surface area contributed by atoms with Gasteiger partial charge in [0, 0.05) is 6.42 Å². The predicted octanol–water partition coefficient (Wildman–Crippen LogP) is 9.42. The number of aliphatic carboxylic acids is 1. The number of carbonyl (C=O) groups is 1. The van der Waals surface area contributed by atoms with Crippen molar-refractivity contribution < 1.29 is 15.0 Å². The van der Waals surface area contributed by atoms with Gasteiger partial charge in [0.25, 0.3) is 0 Å².